The number of amides is 1. The smallest absolute Gasteiger partial charge is 0.254 e. The first-order valence-electron chi connectivity index (χ1n) is 10.6. The molecule has 0 saturated carbocycles. The molecule has 3 aromatic carbocycles. The van der Waals surface area contributed by atoms with Crippen molar-refractivity contribution in [2.75, 3.05) is 25.5 Å². The predicted molar refractivity (Wildman–Crippen MR) is 127 cm³/mol. The zero-order chi connectivity index (χ0) is 23.4. The van der Waals surface area contributed by atoms with Crippen molar-refractivity contribution in [2.24, 2.45) is 0 Å². The Bertz CT molecular complexity index is 1240. The average Bonchev–Trinajstić information content (AvgIpc) is 2.82. The Kier molecular flexibility index (Phi) is 6.55. The maximum atomic E-state index is 12.8. The second-order valence-corrected chi connectivity index (χ2v) is 9.63. The number of ether oxygens (including phenoxy) is 2. The van der Waals surface area contributed by atoms with E-state index in [9.17, 15) is 13.2 Å². The molecular formula is C25H26N2O5S. The van der Waals surface area contributed by atoms with E-state index < -0.39 is 10.0 Å². The summed E-state index contributed by atoms with van der Waals surface area (Å²) in [4.78, 5) is 14.6. The van der Waals surface area contributed by atoms with Crippen molar-refractivity contribution in [3.63, 3.8) is 0 Å². The molecular weight excluding hydrogens is 440 g/mol. The highest BCUT2D eigenvalue weighted by atomic mass is 32.2. The van der Waals surface area contributed by atoms with E-state index >= 15 is 0 Å². The summed E-state index contributed by atoms with van der Waals surface area (Å²) in [6.45, 7) is 1.06. The van der Waals surface area contributed by atoms with Crippen LogP contribution in [-0.4, -0.2) is 40.0 Å². The van der Waals surface area contributed by atoms with Gasteiger partial charge in [0.15, 0.2) is 0 Å². The number of anilines is 1. The highest BCUT2D eigenvalue weighted by Crippen LogP contribution is 2.27. The molecule has 0 aliphatic carbocycles. The van der Waals surface area contributed by atoms with E-state index in [-0.39, 0.29) is 11.7 Å². The summed E-state index contributed by atoms with van der Waals surface area (Å²) in [6.07, 6.45) is 0.727. The van der Waals surface area contributed by atoms with E-state index in [1.54, 1.807) is 41.3 Å². The average molecular weight is 467 g/mol. The highest BCUT2D eigenvalue weighted by Gasteiger charge is 2.22. The Morgan fingerprint density at radius 2 is 1.64 bits per heavy atom. The van der Waals surface area contributed by atoms with Gasteiger partial charge in [0.1, 0.15) is 11.5 Å². The normalized spacial score (nSPS) is 13.2. The third-order valence-corrected chi connectivity index (χ3v) is 6.83. The number of fused-ring (bicyclic) bond motifs is 1. The monoisotopic (exact) mass is 466 g/mol. The Labute approximate surface area is 194 Å². The first kappa shape index (κ1) is 22.7. The first-order valence-corrected chi connectivity index (χ1v) is 12.2. The van der Waals surface area contributed by atoms with Crippen LogP contribution in [0.2, 0.25) is 0 Å². The molecule has 0 bridgehead atoms. The van der Waals surface area contributed by atoms with Gasteiger partial charge in [-0.05, 0) is 59.5 Å². The summed E-state index contributed by atoms with van der Waals surface area (Å²) in [6, 6.07) is 19.7. The SMILES string of the molecule is COc1cc(CS(=O)(=O)Nc2ccc3c(c2)CN(C(=O)c2ccccc2)CC3)cc(OC)c1. The van der Waals surface area contributed by atoms with Crippen LogP contribution < -0.4 is 14.2 Å². The molecule has 0 fully saturated rings. The van der Waals surface area contributed by atoms with E-state index in [0.717, 1.165) is 17.5 Å². The maximum Gasteiger partial charge on any atom is 0.254 e. The summed E-state index contributed by atoms with van der Waals surface area (Å²) in [5.74, 6) is 0.795. The molecule has 8 heteroatoms. The quantitative estimate of drug-likeness (QED) is 0.572. The summed E-state index contributed by atoms with van der Waals surface area (Å²) >= 11 is 0. The number of nitrogens with one attached hydrogen (secondary N) is 1. The standard InChI is InChI=1S/C25H26N2O5S/c1-31-23-12-18(13-24(15-23)32-2)17-33(29,30)26-22-9-8-19-10-11-27(16-21(19)14-22)25(28)20-6-4-3-5-7-20/h3-9,12-15,26H,10-11,16-17H2,1-2H3. The fraction of sp³-hybridized carbons (Fsp3) is 0.240. The van der Waals surface area contributed by atoms with Crippen LogP contribution >= 0.6 is 0 Å². The first-order chi connectivity index (χ1) is 15.9. The molecule has 0 saturated heterocycles. The largest absolute Gasteiger partial charge is 0.497 e. The van der Waals surface area contributed by atoms with Crippen molar-refractivity contribution in [1.29, 1.82) is 0 Å². The number of carbonyl (C=O) groups is 1. The summed E-state index contributed by atoms with van der Waals surface area (Å²) in [5, 5.41) is 0. The molecule has 7 nitrogen and oxygen atoms in total. The molecule has 1 N–H and O–H groups in total. The number of methoxy groups -OCH3 is 2. The number of benzene rings is 3. The molecule has 0 atom stereocenters. The molecule has 3 aromatic rings. The Morgan fingerprint density at radius 1 is 0.939 bits per heavy atom. The van der Waals surface area contributed by atoms with E-state index in [0.29, 0.717) is 41.4 Å². The van der Waals surface area contributed by atoms with Crippen molar-refractivity contribution < 1.29 is 22.7 Å². The molecule has 1 aliphatic heterocycles. The van der Waals surface area contributed by atoms with Crippen molar-refractivity contribution in [2.45, 2.75) is 18.7 Å². The fourth-order valence-corrected chi connectivity index (χ4v) is 5.11. The number of carbonyl (C=O) groups excluding carboxylic acids is 1. The van der Waals surface area contributed by atoms with Crippen molar-refractivity contribution >= 4 is 21.6 Å². The van der Waals surface area contributed by atoms with Gasteiger partial charge in [-0.3, -0.25) is 9.52 Å². The van der Waals surface area contributed by atoms with Crippen LogP contribution in [0.25, 0.3) is 0 Å². The Hall–Kier alpha value is -3.52. The topological polar surface area (TPSA) is 84.9 Å². The highest BCUT2D eigenvalue weighted by molar-refractivity contribution is 7.91. The summed E-state index contributed by atoms with van der Waals surface area (Å²) in [5.41, 5.74) is 3.72. The van der Waals surface area contributed by atoms with E-state index in [1.807, 2.05) is 30.3 Å². The van der Waals surface area contributed by atoms with Crippen molar-refractivity contribution in [1.82, 2.24) is 4.90 Å². The van der Waals surface area contributed by atoms with E-state index in [2.05, 4.69) is 4.72 Å². The molecule has 33 heavy (non-hydrogen) atoms. The van der Waals surface area contributed by atoms with Crippen LogP contribution in [-0.2, 0) is 28.7 Å². The number of nitrogens with zero attached hydrogens (tertiary/aromatic N) is 1. The van der Waals surface area contributed by atoms with Crippen molar-refractivity contribution in [3.05, 3.63) is 89.0 Å². The minimum atomic E-state index is -3.68. The minimum absolute atomic E-state index is 0.0285. The summed E-state index contributed by atoms with van der Waals surface area (Å²) in [7, 11) is -0.642. The van der Waals surface area contributed by atoms with Gasteiger partial charge in [0.05, 0.1) is 20.0 Å². The van der Waals surface area contributed by atoms with Gasteiger partial charge in [0.25, 0.3) is 5.91 Å². The summed E-state index contributed by atoms with van der Waals surface area (Å²) < 4.78 is 38.8. The molecule has 172 valence electrons. The second kappa shape index (κ2) is 9.54. The van der Waals surface area contributed by atoms with Gasteiger partial charge in [0, 0.05) is 30.4 Å². The minimum Gasteiger partial charge on any atom is -0.497 e. The lowest BCUT2D eigenvalue weighted by molar-refractivity contribution is 0.0734. The number of hydrogen-bond acceptors (Lipinski definition) is 5. The Morgan fingerprint density at radius 3 is 2.30 bits per heavy atom. The van der Waals surface area contributed by atoms with Crippen LogP contribution in [0, 0.1) is 0 Å². The molecule has 0 unspecified atom stereocenters. The van der Waals surface area contributed by atoms with Crippen molar-refractivity contribution in [3.8, 4) is 11.5 Å². The van der Waals surface area contributed by atoms with Gasteiger partial charge >= 0.3 is 0 Å². The molecule has 0 aromatic heterocycles. The van der Waals surface area contributed by atoms with Gasteiger partial charge in [-0.25, -0.2) is 8.42 Å². The second-order valence-electron chi connectivity index (χ2n) is 7.91. The Balaban J connectivity index is 1.49. The zero-order valence-corrected chi connectivity index (χ0v) is 19.4. The van der Waals surface area contributed by atoms with Crippen LogP contribution in [0.5, 0.6) is 11.5 Å². The van der Waals surface area contributed by atoms with Crippen LogP contribution in [0.15, 0.2) is 66.7 Å². The molecule has 1 heterocycles. The number of hydrogen-bond donors (Lipinski definition) is 1. The number of sulfonamides is 1. The van der Waals surface area contributed by atoms with Gasteiger partial charge in [-0.1, -0.05) is 24.3 Å². The third-order valence-electron chi connectivity index (χ3n) is 5.57. The van der Waals surface area contributed by atoms with E-state index in [1.165, 1.54) is 14.2 Å². The van der Waals surface area contributed by atoms with Crippen LogP contribution in [0.4, 0.5) is 5.69 Å². The zero-order valence-electron chi connectivity index (χ0n) is 18.6. The van der Waals surface area contributed by atoms with Gasteiger partial charge in [-0.15, -0.1) is 0 Å². The molecule has 4 rings (SSSR count). The molecule has 0 radical (unpaired) electrons. The van der Waals surface area contributed by atoms with Gasteiger partial charge < -0.3 is 14.4 Å². The van der Waals surface area contributed by atoms with Crippen LogP contribution in [0.3, 0.4) is 0 Å². The maximum absolute atomic E-state index is 12.8. The third kappa shape index (κ3) is 5.46. The predicted octanol–water partition coefficient (Wildman–Crippen LogP) is 3.84. The van der Waals surface area contributed by atoms with Gasteiger partial charge in [0.2, 0.25) is 10.0 Å². The van der Waals surface area contributed by atoms with Crippen LogP contribution in [0.1, 0.15) is 27.0 Å². The molecule has 1 aliphatic rings. The fourth-order valence-electron chi connectivity index (χ4n) is 3.94. The molecule has 1 amide bonds. The van der Waals surface area contributed by atoms with Gasteiger partial charge in [-0.2, -0.15) is 0 Å². The lowest BCUT2D eigenvalue weighted by atomic mass is 9.98. The van der Waals surface area contributed by atoms with E-state index in [4.69, 9.17) is 9.47 Å². The number of rotatable bonds is 7. The lowest BCUT2D eigenvalue weighted by Gasteiger charge is -2.29. The lowest BCUT2D eigenvalue weighted by Crippen LogP contribution is -2.36. The molecule has 0 spiro atoms.